The molecular weight excluding hydrogens is 244 g/mol. The molecule has 3 atom stereocenters. The van der Waals surface area contributed by atoms with E-state index in [1.54, 1.807) is 0 Å². The van der Waals surface area contributed by atoms with Crippen molar-refractivity contribution >= 4 is 12.0 Å². The normalized spacial score (nSPS) is 25.2. The van der Waals surface area contributed by atoms with Crippen molar-refractivity contribution in [2.75, 3.05) is 13.1 Å². The van der Waals surface area contributed by atoms with E-state index in [2.05, 4.69) is 19.2 Å². The molecule has 1 aliphatic heterocycles. The topological polar surface area (TPSA) is 69.6 Å². The molecule has 0 aromatic carbocycles. The number of hydrogen-bond acceptors (Lipinski definition) is 2. The maximum atomic E-state index is 12.1. The minimum atomic E-state index is -0.852. The van der Waals surface area contributed by atoms with Crippen molar-refractivity contribution in [1.82, 2.24) is 10.2 Å². The third kappa shape index (κ3) is 4.11. The molecule has 0 radical (unpaired) electrons. The van der Waals surface area contributed by atoms with Gasteiger partial charge in [-0.1, -0.05) is 20.8 Å². The van der Waals surface area contributed by atoms with E-state index in [-0.39, 0.29) is 24.5 Å². The lowest BCUT2D eigenvalue weighted by molar-refractivity contribution is -0.142. The maximum absolute atomic E-state index is 12.1. The lowest BCUT2D eigenvalue weighted by atomic mass is 9.92. The largest absolute Gasteiger partial charge is 0.481 e. The van der Waals surface area contributed by atoms with Crippen LogP contribution in [0.3, 0.4) is 0 Å². The van der Waals surface area contributed by atoms with Gasteiger partial charge in [0.05, 0.1) is 5.92 Å². The van der Waals surface area contributed by atoms with Gasteiger partial charge in [0.25, 0.3) is 0 Å². The highest BCUT2D eigenvalue weighted by Gasteiger charge is 2.29. The summed E-state index contributed by atoms with van der Waals surface area (Å²) in [5.74, 6) is -0.868. The van der Waals surface area contributed by atoms with E-state index in [9.17, 15) is 9.59 Å². The van der Waals surface area contributed by atoms with Crippen molar-refractivity contribution in [3.63, 3.8) is 0 Å². The van der Waals surface area contributed by atoms with Gasteiger partial charge < -0.3 is 15.3 Å². The van der Waals surface area contributed by atoms with Gasteiger partial charge in [0.1, 0.15) is 0 Å². The van der Waals surface area contributed by atoms with Gasteiger partial charge in [-0.2, -0.15) is 0 Å². The highest BCUT2D eigenvalue weighted by Crippen LogP contribution is 2.22. The maximum Gasteiger partial charge on any atom is 0.317 e. The minimum Gasteiger partial charge on any atom is -0.481 e. The molecule has 0 aromatic heterocycles. The van der Waals surface area contributed by atoms with Crippen LogP contribution in [0.5, 0.6) is 0 Å². The number of hydrogen-bond donors (Lipinski definition) is 2. The number of carbonyl (C=O) groups excluding carboxylic acids is 1. The first kappa shape index (κ1) is 15.8. The van der Waals surface area contributed by atoms with Crippen LogP contribution in [0.25, 0.3) is 0 Å². The van der Waals surface area contributed by atoms with Crippen molar-refractivity contribution < 1.29 is 14.7 Å². The molecule has 0 aromatic rings. The molecule has 1 heterocycles. The Hall–Kier alpha value is -1.26. The van der Waals surface area contributed by atoms with Crippen LogP contribution in [0, 0.1) is 17.8 Å². The standard InChI is InChI=1S/C14H26N2O3/c1-9(2)12(13(17)18)8-15-14(19)16-7-5-6-10(3)11(16)4/h9-12H,5-8H2,1-4H3,(H,15,19)(H,17,18). The number of rotatable bonds is 4. The quantitative estimate of drug-likeness (QED) is 0.822. The highest BCUT2D eigenvalue weighted by molar-refractivity contribution is 5.76. The predicted molar refractivity (Wildman–Crippen MR) is 73.9 cm³/mol. The number of urea groups is 1. The number of nitrogens with one attached hydrogen (secondary N) is 1. The Labute approximate surface area is 115 Å². The SMILES string of the molecule is CC(C)C(CNC(=O)N1CCCC(C)C1C)C(=O)O. The second-order valence-electron chi connectivity index (χ2n) is 5.93. The van der Waals surface area contributed by atoms with Crippen molar-refractivity contribution in [3.8, 4) is 0 Å². The molecule has 2 amide bonds. The molecule has 3 unspecified atom stereocenters. The van der Waals surface area contributed by atoms with Gasteiger partial charge in [-0.3, -0.25) is 4.79 Å². The predicted octanol–water partition coefficient (Wildman–Crippen LogP) is 2.17. The Morgan fingerprint density at radius 2 is 2.00 bits per heavy atom. The Balaban J connectivity index is 2.52. The molecule has 5 nitrogen and oxygen atoms in total. The van der Waals surface area contributed by atoms with Gasteiger partial charge in [-0.25, -0.2) is 4.79 Å². The molecule has 1 saturated heterocycles. The van der Waals surface area contributed by atoms with Crippen LogP contribution in [0.4, 0.5) is 4.79 Å². The molecule has 1 aliphatic rings. The van der Waals surface area contributed by atoms with E-state index < -0.39 is 11.9 Å². The Morgan fingerprint density at radius 1 is 1.37 bits per heavy atom. The minimum absolute atomic E-state index is 0.00972. The Kier molecular flexibility index (Phi) is 5.63. The van der Waals surface area contributed by atoms with E-state index in [0.29, 0.717) is 5.92 Å². The van der Waals surface area contributed by atoms with Crippen LogP contribution in [-0.2, 0) is 4.79 Å². The Morgan fingerprint density at radius 3 is 2.53 bits per heavy atom. The number of aliphatic carboxylic acids is 1. The average molecular weight is 270 g/mol. The van der Waals surface area contributed by atoms with E-state index in [1.807, 2.05) is 18.7 Å². The van der Waals surface area contributed by atoms with Crippen LogP contribution < -0.4 is 5.32 Å². The number of nitrogens with zero attached hydrogens (tertiary/aromatic N) is 1. The van der Waals surface area contributed by atoms with E-state index in [1.165, 1.54) is 0 Å². The zero-order valence-electron chi connectivity index (χ0n) is 12.3. The molecule has 5 heteroatoms. The van der Waals surface area contributed by atoms with Crippen LogP contribution in [0.15, 0.2) is 0 Å². The summed E-state index contributed by atoms with van der Waals surface area (Å²) >= 11 is 0. The fraction of sp³-hybridized carbons (Fsp3) is 0.857. The summed E-state index contributed by atoms with van der Waals surface area (Å²) in [7, 11) is 0. The molecule has 2 N–H and O–H groups in total. The summed E-state index contributed by atoms with van der Waals surface area (Å²) in [5.41, 5.74) is 0. The van der Waals surface area contributed by atoms with Gasteiger partial charge in [0.15, 0.2) is 0 Å². The van der Waals surface area contributed by atoms with Gasteiger partial charge in [0, 0.05) is 19.1 Å². The van der Waals surface area contributed by atoms with Crippen molar-refractivity contribution in [2.45, 2.75) is 46.6 Å². The van der Waals surface area contributed by atoms with Gasteiger partial charge >= 0.3 is 12.0 Å². The number of amides is 2. The van der Waals surface area contributed by atoms with Crippen molar-refractivity contribution in [2.24, 2.45) is 17.8 Å². The van der Waals surface area contributed by atoms with Gasteiger partial charge in [0.2, 0.25) is 0 Å². The molecule has 19 heavy (non-hydrogen) atoms. The highest BCUT2D eigenvalue weighted by atomic mass is 16.4. The lowest BCUT2D eigenvalue weighted by Crippen LogP contribution is -2.51. The monoisotopic (exact) mass is 270 g/mol. The van der Waals surface area contributed by atoms with E-state index >= 15 is 0 Å². The fourth-order valence-corrected chi connectivity index (χ4v) is 2.53. The summed E-state index contributed by atoms with van der Waals surface area (Å²) < 4.78 is 0. The molecule has 1 fully saturated rings. The molecule has 0 spiro atoms. The summed E-state index contributed by atoms with van der Waals surface area (Å²) in [5, 5.41) is 11.9. The Bertz CT molecular complexity index is 331. The first-order valence-corrected chi connectivity index (χ1v) is 7.11. The summed E-state index contributed by atoms with van der Waals surface area (Å²) in [6.07, 6.45) is 2.17. The summed E-state index contributed by atoms with van der Waals surface area (Å²) in [6, 6.07) is 0.0852. The van der Waals surface area contributed by atoms with Crippen molar-refractivity contribution in [3.05, 3.63) is 0 Å². The average Bonchev–Trinajstić information content (AvgIpc) is 2.31. The van der Waals surface area contributed by atoms with Crippen LogP contribution >= 0.6 is 0 Å². The number of likely N-dealkylation sites (tertiary alicyclic amines) is 1. The molecular formula is C14H26N2O3. The number of carboxylic acids is 1. The van der Waals surface area contributed by atoms with Gasteiger partial charge in [-0.15, -0.1) is 0 Å². The first-order valence-electron chi connectivity index (χ1n) is 7.11. The van der Waals surface area contributed by atoms with Gasteiger partial charge in [-0.05, 0) is 31.6 Å². The smallest absolute Gasteiger partial charge is 0.317 e. The van der Waals surface area contributed by atoms with Crippen LogP contribution in [-0.4, -0.2) is 41.1 Å². The molecule has 0 saturated carbocycles. The van der Waals surface area contributed by atoms with Crippen LogP contribution in [0.1, 0.15) is 40.5 Å². The second kappa shape index (κ2) is 6.78. The molecule has 110 valence electrons. The summed E-state index contributed by atoms with van der Waals surface area (Å²) in [4.78, 5) is 25.0. The summed E-state index contributed by atoms with van der Waals surface area (Å²) in [6.45, 7) is 8.88. The second-order valence-corrected chi connectivity index (χ2v) is 5.93. The number of piperidine rings is 1. The molecule has 0 bridgehead atoms. The lowest BCUT2D eigenvalue weighted by Gasteiger charge is -2.38. The van der Waals surface area contributed by atoms with E-state index in [0.717, 1.165) is 19.4 Å². The van der Waals surface area contributed by atoms with Crippen molar-refractivity contribution in [1.29, 1.82) is 0 Å². The molecule has 1 rings (SSSR count). The molecule has 0 aliphatic carbocycles. The fourth-order valence-electron chi connectivity index (χ4n) is 2.53. The number of carboxylic acid groups (broad SMARTS) is 1. The van der Waals surface area contributed by atoms with Crippen LogP contribution in [0.2, 0.25) is 0 Å². The third-order valence-electron chi connectivity index (χ3n) is 4.23. The first-order chi connectivity index (χ1) is 8.84. The third-order valence-corrected chi connectivity index (χ3v) is 4.23. The zero-order chi connectivity index (χ0) is 14.6. The zero-order valence-corrected chi connectivity index (χ0v) is 12.3. The van der Waals surface area contributed by atoms with E-state index in [4.69, 9.17) is 5.11 Å². The number of carbonyl (C=O) groups is 2.